The van der Waals surface area contributed by atoms with Gasteiger partial charge in [-0.05, 0) is 22.8 Å². The van der Waals surface area contributed by atoms with Gasteiger partial charge in [0.15, 0.2) is 0 Å². The van der Waals surface area contributed by atoms with Gasteiger partial charge in [0.05, 0.1) is 0 Å². The molecular formula is C18H17NO2. The topological polar surface area (TPSA) is 40.5 Å². The van der Waals surface area contributed by atoms with Crippen molar-refractivity contribution >= 4 is 12.0 Å². The number of hydrogen-bond donors (Lipinski definition) is 1. The average molecular weight is 279 g/mol. The summed E-state index contributed by atoms with van der Waals surface area (Å²) in [6, 6.07) is 17.5. The highest BCUT2D eigenvalue weighted by Crippen LogP contribution is 2.33. The maximum atomic E-state index is 12.3. The number of likely N-dealkylation sites (N-methyl/N-ethyl adjacent to an activating group) is 1. The summed E-state index contributed by atoms with van der Waals surface area (Å²) >= 11 is 0. The maximum Gasteiger partial charge on any atom is 0.256 e. The zero-order valence-corrected chi connectivity index (χ0v) is 11.8. The van der Waals surface area contributed by atoms with Crippen LogP contribution in [0.2, 0.25) is 0 Å². The number of amides is 1. The lowest BCUT2D eigenvalue weighted by atomic mass is 9.83. The van der Waals surface area contributed by atoms with Crippen LogP contribution in [0.25, 0.3) is 6.08 Å². The Morgan fingerprint density at radius 3 is 2.43 bits per heavy atom. The smallest absolute Gasteiger partial charge is 0.256 e. The van der Waals surface area contributed by atoms with Crippen LogP contribution in [-0.2, 0) is 4.79 Å². The van der Waals surface area contributed by atoms with Crippen molar-refractivity contribution in [1.29, 1.82) is 0 Å². The standard InChI is InChI=1S/C18H17NO2/c1-19-12-11-13-7-5-6-10-15(13)16(17(20)18(19)21)14-8-3-2-4-9-14/h2-12,16-17,20H,1H3. The molecule has 1 heterocycles. The third-order valence-corrected chi connectivity index (χ3v) is 3.88. The van der Waals surface area contributed by atoms with Gasteiger partial charge in [-0.1, -0.05) is 54.6 Å². The van der Waals surface area contributed by atoms with Crippen molar-refractivity contribution in [1.82, 2.24) is 4.90 Å². The van der Waals surface area contributed by atoms with Crippen LogP contribution >= 0.6 is 0 Å². The maximum absolute atomic E-state index is 12.3. The second-order valence-corrected chi connectivity index (χ2v) is 5.23. The van der Waals surface area contributed by atoms with E-state index in [1.54, 1.807) is 13.2 Å². The lowest BCUT2D eigenvalue weighted by Gasteiger charge is -2.29. The number of carbonyl (C=O) groups excluding carboxylic acids is 1. The molecule has 0 aromatic heterocycles. The lowest BCUT2D eigenvalue weighted by molar-refractivity contribution is -0.137. The molecule has 2 unspecified atom stereocenters. The van der Waals surface area contributed by atoms with E-state index in [1.165, 1.54) is 4.90 Å². The van der Waals surface area contributed by atoms with Crippen LogP contribution in [0.3, 0.4) is 0 Å². The summed E-state index contributed by atoms with van der Waals surface area (Å²) in [6.45, 7) is 0. The fourth-order valence-electron chi connectivity index (χ4n) is 2.75. The van der Waals surface area contributed by atoms with Crippen molar-refractivity contribution < 1.29 is 9.90 Å². The van der Waals surface area contributed by atoms with Crippen molar-refractivity contribution in [3.05, 3.63) is 77.5 Å². The van der Waals surface area contributed by atoms with Crippen molar-refractivity contribution in [3.8, 4) is 0 Å². The van der Waals surface area contributed by atoms with Crippen molar-refractivity contribution in [2.24, 2.45) is 0 Å². The van der Waals surface area contributed by atoms with E-state index in [4.69, 9.17) is 0 Å². The predicted octanol–water partition coefficient (Wildman–Crippen LogP) is 2.62. The van der Waals surface area contributed by atoms with E-state index in [1.807, 2.05) is 60.7 Å². The van der Waals surface area contributed by atoms with Crippen molar-refractivity contribution in [3.63, 3.8) is 0 Å². The van der Waals surface area contributed by atoms with Gasteiger partial charge in [-0.2, -0.15) is 0 Å². The number of fused-ring (bicyclic) bond motifs is 1. The molecule has 2 aromatic carbocycles. The zero-order chi connectivity index (χ0) is 14.8. The van der Waals surface area contributed by atoms with Gasteiger partial charge in [0.1, 0.15) is 6.10 Å². The van der Waals surface area contributed by atoms with Gasteiger partial charge in [0.2, 0.25) is 0 Å². The molecule has 2 aromatic rings. The molecule has 0 bridgehead atoms. The molecule has 0 radical (unpaired) electrons. The molecule has 0 saturated heterocycles. The molecule has 1 aliphatic heterocycles. The van der Waals surface area contributed by atoms with Crippen LogP contribution in [0.4, 0.5) is 0 Å². The van der Waals surface area contributed by atoms with Gasteiger partial charge in [-0.15, -0.1) is 0 Å². The fraction of sp³-hybridized carbons (Fsp3) is 0.167. The molecule has 106 valence electrons. The van der Waals surface area contributed by atoms with E-state index < -0.39 is 6.10 Å². The van der Waals surface area contributed by atoms with Gasteiger partial charge in [0.25, 0.3) is 5.91 Å². The van der Waals surface area contributed by atoms with E-state index >= 15 is 0 Å². The molecule has 1 N–H and O–H groups in total. The Kier molecular flexibility index (Phi) is 3.59. The van der Waals surface area contributed by atoms with Gasteiger partial charge < -0.3 is 10.0 Å². The number of rotatable bonds is 1. The molecule has 2 atom stereocenters. The largest absolute Gasteiger partial charge is 0.382 e. The number of benzene rings is 2. The summed E-state index contributed by atoms with van der Waals surface area (Å²) in [4.78, 5) is 13.8. The normalized spacial score (nSPS) is 21.6. The molecule has 1 amide bonds. The highest BCUT2D eigenvalue weighted by Gasteiger charge is 2.32. The molecule has 3 heteroatoms. The molecule has 0 aliphatic carbocycles. The van der Waals surface area contributed by atoms with E-state index in [-0.39, 0.29) is 11.8 Å². The molecule has 0 saturated carbocycles. The Hall–Kier alpha value is -2.39. The van der Waals surface area contributed by atoms with E-state index in [2.05, 4.69) is 0 Å². The van der Waals surface area contributed by atoms with Crippen LogP contribution in [0.1, 0.15) is 22.6 Å². The highest BCUT2D eigenvalue weighted by molar-refractivity contribution is 5.85. The second kappa shape index (κ2) is 5.54. The molecule has 3 nitrogen and oxygen atoms in total. The first-order valence-corrected chi connectivity index (χ1v) is 6.95. The quantitative estimate of drug-likeness (QED) is 0.871. The first-order chi connectivity index (χ1) is 10.2. The molecule has 1 aliphatic rings. The van der Waals surface area contributed by atoms with Crippen molar-refractivity contribution in [2.75, 3.05) is 7.05 Å². The fourth-order valence-corrected chi connectivity index (χ4v) is 2.75. The van der Waals surface area contributed by atoms with E-state index in [0.29, 0.717) is 0 Å². The number of carbonyl (C=O) groups is 1. The van der Waals surface area contributed by atoms with E-state index in [0.717, 1.165) is 16.7 Å². The predicted molar refractivity (Wildman–Crippen MR) is 82.5 cm³/mol. The molecule has 3 rings (SSSR count). The summed E-state index contributed by atoms with van der Waals surface area (Å²) in [5, 5.41) is 10.6. The van der Waals surface area contributed by atoms with Crippen LogP contribution in [0, 0.1) is 0 Å². The first kappa shape index (κ1) is 13.6. The monoisotopic (exact) mass is 279 g/mol. The zero-order valence-electron chi connectivity index (χ0n) is 11.8. The second-order valence-electron chi connectivity index (χ2n) is 5.23. The third kappa shape index (κ3) is 2.48. The SMILES string of the molecule is CN1C=Cc2ccccc2C(c2ccccc2)C(O)C1=O. The lowest BCUT2D eigenvalue weighted by Crippen LogP contribution is -2.38. The summed E-state index contributed by atoms with van der Waals surface area (Å²) in [5.74, 6) is -0.656. The molecule has 21 heavy (non-hydrogen) atoms. The summed E-state index contributed by atoms with van der Waals surface area (Å²) in [5.41, 5.74) is 2.92. The Labute approximate surface area is 124 Å². The molecular weight excluding hydrogens is 262 g/mol. The van der Waals surface area contributed by atoms with Crippen LogP contribution in [0.15, 0.2) is 60.8 Å². The summed E-state index contributed by atoms with van der Waals surface area (Å²) in [6.07, 6.45) is 2.52. The Bertz CT molecular complexity index is 679. The van der Waals surface area contributed by atoms with Crippen LogP contribution < -0.4 is 0 Å². The van der Waals surface area contributed by atoms with Gasteiger partial charge in [-0.25, -0.2) is 0 Å². The minimum Gasteiger partial charge on any atom is -0.382 e. The number of aliphatic hydroxyl groups excluding tert-OH is 1. The number of hydrogen-bond acceptors (Lipinski definition) is 2. The first-order valence-electron chi connectivity index (χ1n) is 6.95. The van der Waals surface area contributed by atoms with Gasteiger partial charge >= 0.3 is 0 Å². The summed E-state index contributed by atoms with van der Waals surface area (Å²) < 4.78 is 0. The highest BCUT2D eigenvalue weighted by atomic mass is 16.3. The van der Waals surface area contributed by atoms with Crippen LogP contribution in [0.5, 0.6) is 0 Å². The minimum absolute atomic E-state index is 0.297. The molecule has 0 fully saturated rings. The minimum atomic E-state index is -1.09. The third-order valence-electron chi connectivity index (χ3n) is 3.88. The Morgan fingerprint density at radius 1 is 1.00 bits per heavy atom. The number of aliphatic hydroxyl groups is 1. The van der Waals surface area contributed by atoms with Gasteiger partial charge in [-0.3, -0.25) is 4.79 Å². The summed E-state index contributed by atoms with van der Waals surface area (Å²) in [7, 11) is 1.66. The Balaban J connectivity index is 2.20. The van der Waals surface area contributed by atoms with E-state index in [9.17, 15) is 9.90 Å². The molecule has 0 spiro atoms. The van der Waals surface area contributed by atoms with Crippen LogP contribution in [-0.4, -0.2) is 29.1 Å². The van der Waals surface area contributed by atoms with Crippen molar-refractivity contribution in [2.45, 2.75) is 12.0 Å². The Morgan fingerprint density at radius 2 is 1.67 bits per heavy atom. The van der Waals surface area contributed by atoms with Gasteiger partial charge in [0, 0.05) is 19.2 Å². The number of nitrogens with zero attached hydrogens (tertiary/aromatic N) is 1. The average Bonchev–Trinajstić information content (AvgIpc) is 2.53.